The lowest BCUT2D eigenvalue weighted by Crippen LogP contribution is -2.37. The second-order valence-corrected chi connectivity index (χ2v) is 4.42. The topological polar surface area (TPSA) is 67.4 Å². The number of hydrogen-bond donors (Lipinski definition) is 2. The Kier molecular flexibility index (Phi) is 7.38. The van der Waals surface area contributed by atoms with Crippen molar-refractivity contribution in [2.45, 2.75) is 12.6 Å². The molecule has 0 heterocycles. The average Bonchev–Trinajstić information content (AvgIpc) is 2.48. The largest absolute Gasteiger partial charge is 0.411 e. The molecule has 0 aliphatic rings. The fourth-order valence-corrected chi connectivity index (χ4v) is 1.50. The predicted molar refractivity (Wildman–Crippen MR) is 73.3 cm³/mol. The normalized spacial score (nSPS) is 11.0. The molecule has 0 aliphatic carbocycles. The van der Waals surface area contributed by atoms with Crippen molar-refractivity contribution in [2.75, 3.05) is 26.3 Å². The molecule has 2 amide bonds. The van der Waals surface area contributed by atoms with Crippen molar-refractivity contribution in [1.29, 1.82) is 0 Å². The fraction of sp³-hybridized carbons (Fsp3) is 0.429. The first-order valence-electron chi connectivity index (χ1n) is 6.63. The van der Waals surface area contributed by atoms with E-state index < -0.39 is 18.7 Å². The molecule has 0 spiro atoms. The van der Waals surface area contributed by atoms with Crippen molar-refractivity contribution in [1.82, 2.24) is 10.6 Å². The molecule has 1 rings (SSSR count). The number of hydrogen-bond acceptors (Lipinski definition) is 3. The summed E-state index contributed by atoms with van der Waals surface area (Å²) in [5.41, 5.74) is 0.441. The van der Waals surface area contributed by atoms with Crippen LogP contribution in [0.1, 0.15) is 16.8 Å². The number of amides is 2. The SMILES string of the molecule is O=C(CNC(=O)c1ccccc1)NCCCOCC(F)(F)F. The van der Waals surface area contributed by atoms with Crippen LogP contribution < -0.4 is 10.6 Å². The molecule has 5 nitrogen and oxygen atoms in total. The van der Waals surface area contributed by atoms with Crippen LogP contribution >= 0.6 is 0 Å². The van der Waals surface area contributed by atoms with Crippen molar-refractivity contribution in [3.63, 3.8) is 0 Å². The van der Waals surface area contributed by atoms with Crippen molar-refractivity contribution < 1.29 is 27.5 Å². The standard InChI is InChI=1S/C14H17F3N2O3/c15-14(16,17)10-22-8-4-7-18-12(20)9-19-13(21)11-5-2-1-3-6-11/h1-3,5-6H,4,7-10H2,(H,18,20)(H,19,21). The monoisotopic (exact) mass is 318 g/mol. The summed E-state index contributed by atoms with van der Waals surface area (Å²) >= 11 is 0. The third kappa shape index (κ3) is 8.25. The number of benzene rings is 1. The zero-order valence-electron chi connectivity index (χ0n) is 11.8. The highest BCUT2D eigenvalue weighted by Gasteiger charge is 2.27. The van der Waals surface area contributed by atoms with Gasteiger partial charge in [-0.15, -0.1) is 0 Å². The second kappa shape index (κ2) is 9.04. The van der Waals surface area contributed by atoms with E-state index in [4.69, 9.17) is 0 Å². The molecule has 1 aromatic carbocycles. The van der Waals surface area contributed by atoms with Gasteiger partial charge in [0.1, 0.15) is 6.61 Å². The third-order valence-electron chi connectivity index (χ3n) is 2.50. The van der Waals surface area contributed by atoms with Gasteiger partial charge in [-0.25, -0.2) is 0 Å². The zero-order chi connectivity index (χ0) is 16.4. The summed E-state index contributed by atoms with van der Waals surface area (Å²) in [5.74, 6) is -0.788. The van der Waals surface area contributed by atoms with Crippen LogP contribution in [0.5, 0.6) is 0 Å². The molecular formula is C14H17F3N2O3. The molecular weight excluding hydrogens is 301 g/mol. The van der Waals surface area contributed by atoms with E-state index in [0.29, 0.717) is 5.56 Å². The van der Waals surface area contributed by atoms with Gasteiger partial charge < -0.3 is 15.4 Å². The van der Waals surface area contributed by atoms with Crippen LogP contribution in [0, 0.1) is 0 Å². The summed E-state index contributed by atoms with van der Waals surface area (Å²) in [6.07, 6.45) is -4.08. The molecule has 0 atom stereocenters. The van der Waals surface area contributed by atoms with Crippen molar-refractivity contribution >= 4 is 11.8 Å². The zero-order valence-corrected chi connectivity index (χ0v) is 11.8. The van der Waals surface area contributed by atoms with Crippen LogP contribution in [-0.2, 0) is 9.53 Å². The Bertz CT molecular complexity index is 478. The molecule has 0 bridgehead atoms. The van der Waals surface area contributed by atoms with Gasteiger partial charge in [-0.1, -0.05) is 18.2 Å². The Morgan fingerprint density at radius 3 is 2.41 bits per heavy atom. The molecule has 0 aliphatic heterocycles. The van der Waals surface area contributed by atoms with Gasteiger partial charge in [-0.2, -0.15) is 13.2 Å². The highest BCUT2D eigenvalue weighted by Crippen LogP contribution is 2.14. The summed E-state index contributed by atoms with van der Waals surface area (Å²) in [7, 11) is 0. The minimum Gasteiger partial charge on any atom is -0.372 e. The first-order chi connectivity index (χ1) is 10.4. The van der Waals surface area contributed by atoms with E-state index in [9.17, 15) is 22.8 Å². The average molecular weight is 318 g/mol. The number of carbonyl (C=O) groups is 2. The minimum atomic E-state index is -4.34. The Balaban J connectivity index is 2.08. The molecule has 22 heavy (non-hydrogen) atoms. The van der Waals surface area contributed by atoms with Crippen LogP contribution in [0.25, 0.3) is 0 Å². The lowest BCUT2D eigenvalue weighted by atomic mass is 10.2. The summed E-state index contributed by atoms with van der Waals surface area (Å²) in [5, 5.41) is 4.91. The lowest BCUT2D eigenvalue weighted by molar-refractivity contribution is -0.174. The molecule has 1 aromatic rings. The van der Waals surface area contributed by atoms with E-state index in [-0.39, 0.29) is 32.0 Å². The third-order valence-corrected chi connectivity index (χ3v) is 2.50. The van der Waals surface area contributed by atoms with Crippen LogP contribution in [0.15, 0.2) is 30.3 Å². The van der Waals surface area contributed by atoms with Crippen molar-refractivity contribution in [3.8, 4) is 0 Å². The maximum atomic E-state index is 11.8. The highest BCUT2D eigenvalue weighted by molar-refractivity contribution is 5.96. The molecule has 0 unspecified atom stereocenters. The van der Waals surface area contributed by atoms with E-state index in [1.807, 2.05) is 0 Å². The Labute approximate surface area is 125 Å². The van der Waals surface area contributed by atoms with Crippen LogP contribution in [0.4, 0.5) is 13.2 Å². The Hall–Kier alpha value is -2.09. The number of halogens is 3. The number of ether oxygens (including phenoxy) is 1. The number of carbonyl (C=O) groups excluding carboxylic acids is 2. The predicted octanol–water partition coefficient (Wildman–Crippen LogP) is 1.50. The van der Waals surface area contributed by atoms with Gasteiger partial charge in [-0.05, 0) is 18.6 Å². The summed E-state index contributed by atoms with van der Waals surface area (Å²) < 4.78 is 39.7. The number of alkyl halides is 3. The van der Waals surface area contributed by atoms with E-state index >= 15 is 0 Å². The lowest BCUT2D eigenvalue weighted by Gasteiger charge is -2.09. The van der Waals surface area contributed by atoms with E-state index in [0.717, 1.165) is 0 Å². The van der Waals surface area contributed by atoms with E-state index in [1.54, 1.807) is 30.3 Å². The van der Waals surface area contributed by atoms with Gasteiger partial charge in [0.15, 0.2) is 0 Å². The quantitative estimate of drug-likeness (QED) is 0.714. The van der Waals surface area contributed by atoms with Gasteiger partial charge in [0.2, 0.25) is 5.91 Å². The molecule has 2 N–H and O–H groups in total. The molecule has 0 aromatic heterocycles. The molecule has 8 heteroatoms. The first kappa shape index (κ1) is 18.0. The maximum absolute atomic E-state index is 11.8. The van der Waals surface area contributed by atoms with Gasteiger partial charge >= 0.3 is 6.18 Å². The number of rotatable bonds is 8. The second-order valence-electron chi connectivity index (χ2n) is 4.42. The van der Waals surface area contributed by atoms with Crippen LogP contribution in [0.3, 0.4) is 0 Å². The van der Waals surface area contributed by atoms with Gasteiger partial charge in [0.25, 0.3) is 5.91 Å². The summed E-state index contributed by atoms with van der Waals surface area (Å²) in [6, 6.07) is 8.41. The van der Waals surface area contributed by atoms with Crippen molar-refractivity contribution in [3.05, 3.63) is 35.9 Å². The van der Waals surface area contributed by atoms with E-state index in [1.165, 1.54) is 0 Å². The summed E-state index contributed by atoms with van der Waals surface area (Å²) in [4.78, 5) is 23.1. The Morgan fingerprint density at radius 2 is 1.77 bits per heavy atom. The maximum Gasteiger partial charge on any atom is 0.411 e. The molecule has 0 fully saturated rings. The smallest absolute Gasteiger partial charge is 0.372 e. The number of nitrogens with one attached hydrogen (secondary N) is 2. The molecule has 122 valence electrons. The first-order valence-corrected chi connectivity index (χ1v) is 6.63. The highest BCUT2D eigenvalue weighted by atomic mass is 19.4. The van der Waals surface area contributed by atoms with Crippen LogP contribution in [0.2, 0.25) is 0 Å². The van der Waals surface area contributed by atoms with Crippen LogP contribution in [-0.4, -0.2) is 44.3 Å². The van der Waals surface area contributed by atoms with Gasteiger partial charge in [0.05, 0.1) is 6.54 Å². The molecule has 0 saturated carbocycles. The minimum absolute atomic E-state index is 0.101. The van der Waals surface area contributed by atoms with E-state index in [2.05, 4.69) is 15.4 Å². The molecule has 0 radical (unpaired) electrons. The van der Waals surface area contributed by atoms with Gasteiger partial charge in [-0.3, -0.25) is 9.59 Å². The van der Waals surface area contributed by atoms with Gasteiger partial charge in [0, 0.05) is 18.7 Å². The Morgan fingerprint density at radius 1 is 1.09 bits per heavy atom. The van der Waals surface area contributed by atoms with Crippen molar-refractivity contribution in [2.24, 2.45) is 0 Å². The molecule has 0 saturated heterocycles. The fourth-order valence-electron chi connectivity index (χ4n) is 1.50. The summed E-state index contributed by atoms with van der Waals surface area (Å²) in [6.45, 7) is -1.42.